The maximum Gasteiger partial charge on any atom is 0.330 e. The lowest BCUT2D eigenvalue weighted by molar-refractivity contribution is -0.148. The summed E-state index contributed by atoms with van der Waals surface area (Å²) in [4.78, 5) is 43.6. The molecule has 13 nitrogen and oxygen atoms in total. The Labute approximate surface area is 203 Å². The number of carbonyl (C=O) groups is 1. The predicted molar refractivity (Wildman–Crippen MR) is 129 cm³/mol. The van der Waals surface area contributed by atoms with Gasteiger partial charge in [-0.1, -0.05) is 55.2 Å². The molecule has 2 rings (SSSR count). The summed E-state index contributed by atoms with van der Waals surface area (Å²) in [6.45, 7) is 2.07. The molecular formula is C22H34N8O5. The minimum Gasteiger partial charge on any atom is -0.463 e. The number of aromatic amines is 1. The standard InChI is InChI=1S/C22H34N8O5/c1-16-14-30(22(33)26-21(16)32)19-13-17(27-29-24)18(35-19)15-34-20(31)11-9-7-5-3-2-4-6-8-10-12-25-28-23/h14,17-19H,2-13,15H2,1H3,(H,26,32,33)/t17?,18-,19-/m1/s1. The van der Waals surface area contributed by atoms with Crippen LogP contribution >= 0.6 is 0 Å². The Morgan fingerprint density at radius 1 is 1.11 bits per heavy atom. The smallest absolute Gasteiger partial charge is 0.330 e. The molecule has 1 fully saturated rings. The fraction of sp³-hybridized carbons (Fsp3) is 0.773. The molecule has 1 aliphatic rings. The fourth-order valence-electron chi connectivity index (χ4n) is 4.01. The topological polar surface area (TPSA) is 188 Å². The predicted octanol–water partition coefficient (Wildman–Crippen LogP) is 4.57. The van der Waals surface area contributed by atoms with E-state index in [2.05, 4.69) is 25.0 Å². The normalized spacial score (nSPS) is 19.1. The van der Waals surface area contributed by atoms with Crippen molar-refractivity contribution in [1.82, 2.24) is 9.55 Å². The summed E-state index contributed by atoms with van der Waals surface area (Å²) in [6.07, 6.45) is 9.89. The zero-order chi connectivity index (χ0) is 25.5. The number of H-pyrrole nitrogens is 1. The molecule has 192 valence electrons. The van der Waals surface area contributed by atoms with Gasteiger partial charge in [-0.25, -0.2) is 4.79 Å². The number of aryl methyl sites for hydroxylation is 1. The van der Waals surface area contributed by atoms with Crippen molar-refractivity contribution in [3.05, 3.63) is 53.5 Å². The van der Waals surface area contributed by atoms with Crippen LogP contribution in [0.1, 0.15) is 82.4 Å². The highest BCUT2D eigenvalue weighted by Crippen LogP contribution is 2.30. The summed E-state index contributed by atoms with van der Waals surface area (Å²) in [6, 6.07) is -0.601. The number of hydrogen-bond donors (Lipinski definition) is 1. The van der Waals surface area contributed by atoms with Crippen molar-refractivity contribution in [2.24, 2.45) is 10.2 Å². The van der Waals surface area contributed by atoms with Gasteiger partial charge in [-0.2, -0.15) is 0 Å². The van der Waals surface area contributed by atoms with E-state index >= 15 is 0 Å². The Hall–Kier alpha value is -3.27. The molecule has 0 amide bonds. The van der Waals surface area contributed by atoms with Crippen LogP contribution in [0.5, 0.6) is 0 Å². The Bertz CT molecular complexity index is 1030. The molecule has 2 heterocycles. The lowest BCUT2D eigenvalue weighted by Gasteiger charge is -2.17. The molecule has 1 aromatic rings. The van der Waals surface area contributed by atoms with E-state index in [-0.39, 0.29) is 19.0 Å². The van der Waals surface area contributed by atoms with Crippen LogP contribution in [0.15, 0.2) is 26.0 Å². The van der Waals surface area contributed by atoms with Gasteiger partial charge >= 0.3 is 11.7 Å². The van der Waals surface area contributed by atoms with Gasteiger partial charge in [0.2, 0.25) is 0 Å². The Kier molecular flexibility index (Phi) is 12.5. The summed E-state index contributed by atoms with van der Waals surface area (Å²) < 4.78 is 12.4. The molecule has 1 aromatic heterocycles. The first-order chi connectivity index (χ1) is 17.0. The van der Waals surface area contributed by atoms with Crippen LogP contribution in [-0.2, 0) is 14.3 Å². The van der Waals surface area contributed by atoms with E-state index in [1.54, 1.807) is 6.92 Å². The molecule has 0 aromatic carbocycles. The molecule has 1 N–H and O–H groups in total. The van der Waals surface area contributed by atoms with E-state index in [0.29, 0.717) is 18.5 Å². The quantitative estimate of drug-likeness (QED) is 0.117. The van der Waals surface area contributed by atoms with Crippen LogP contribution in [0.2, 0.25) is 0 Å². The molecule has 1 unspecified atom stereocenters. The van der Waals surface area contributed by atoms with E-state index in [4.69, 9.17) is 20.5 Å². The zero-order valence-electron chi connectivity index (χ0n) is 20.2. The van der Waals surface area contributed by atoms with Crippen molar-refractivity contribution in [3.8, 4) is 0 Å². The van der Waals surface area contributed by atoms with Gasteiger partial charge in [0.1, 0.15) is 18.9 Å². The summed E-state index contributed by atoms with van der Waals surface area (Å²) in [7, 11) is 0. The number of unbranched alkanes of at least 4 members (excludes halogenated alkanes) is 8. The average molecular weight is 491 g/mol. The van der Waals surface area contributed by atoms with Crippen LogP contribution in [-0.4, -0.2) is 40.8 Å². The number of aromatic nitrogens is 2. The third-order valence-electron chi connectivity index (χ3n) is 5.97. The first-order valence-electron chi connectivity index (χ1n) is 12.1. The van der Waals surface area contributed by atoms with Gasteiger partial charge in [-0.3, -0.25) is 19.1 Å². The molecule has 35 heavy (non-hydrogen) atoms. The molecule has 13 heteroatoms. The number of nitrogens with one attached hydrogen (secondary N) is 1. The lowest BCUT2D eigenvalue weighted by atomic mass is 10.1. The Morgan fingerprint density at radius 3 is 2.43 bits per heavy atom. The third kappa shape index (κ3) is 9.86. The number of nitrogens with zero attached hydrogens (tertiary/aromatic N) is 7. The summed E-state index contributed by atoms with van der Waals surface area (Å²) in [5.41, 5.74) is 16.3. The van der Waals surface area contributed by atoms with Crippen molar-refractivity contribution in [2.75, 3.05) is 13.2 Å². The van der Waals surface area contributed by atoms with E-state index in [9.17, 15) is 14.4 Å². The second-order valence-electron chi connectivity index (χ2n) is 8.69. The maximum absolute atomic E-state index is 12.1. The molecule has 0 radical (unpaired) electrons. The molecule has 0 bridgehead atoms. The van der Waals surface area contributed by atoms with Crippen LogP contribution in [0.3, 0.4) is 0 Å². The van der Waals surface area contributed by atoms with Gasteiger partial charge in [0.15, 0.2) is 0 Å². The number of carbonyl (C=O) groups excluding carboxylic acids is 1. The van der Waals surface area contributed by atoms with Gasteiger partial charge in [-0.15, -0.1) is 0 Å². The number of ether oxygens (including phenoxy) is 2. The Morgan fingerprint density at radius 2 is 1.77 bits per heavy atom. The first-order valence-corrected chi connectivity index (χ1v) is 12.1. The van der Waals surface area contributed by atoms with Gasteiger partial charge in [0.25, 0.3) is 5.56 Å². The second-order valence-corrected chi connectivity index (χ2v) is 8.69. The number of esters is 1. The molecule has 3 atom stereocenters. The van der Waals surface area contributed by atoms with E-state index < -0.39 is 29.6 Å². The summed E-state index contributed by atoms with van der Waals surface area (Å²) >= 11 is 0. The van der Waals surface area contributed by atoms with Crippen LogP contribution in [0, 0.1) is 6.92 Å². The summed E-state index contributed by atoms with van der Waals surface area (Å²) in [5, 5.41) is 7.24. The number of azide groups is 2. The largest absolute Gasteiger partial charge is 0.463 e. The van der Waals surface area contributed by atoms with Crippen LogP contribution < -0.4 is 11.2 Å². The minimum absolute atomic E-state index is 0.0736. The van der Waals surface area contributed by atoms with Crippen LogP contribution in [0.25, 0.3) is 20.9 Å². The van der Waals surface area contributed by atoms with Gasteiger partial charge in [0, 0.05) is 41.0 Å². The lowest BCUT2D eigenvalue weighted by Crippen LogP contribution is -2.33. The fourth-order valence-corrected chi connectivity index (χ4v) is 4.01. The SMILES string of the molecule is Cc1cn([C@H]2CC(N=[N+]=[N-])[C@@H](COC(=O)CCCCCCCCCCCN=[N+]=[N-])O2)c(=O)[nH]c1=O. The molecule has 0 saturated carbocycles. The van der Waals surface area contributed by atoms with E-state index in [1.807, 2.05) is 0 Å². The highest BCUT2D eigenvalue weighted by molar-refractivity contribution is 5.69. The van der Waals surface area contributed by atoms with Crippen molar-refractivity contribution >= 4 is 5.97 Å². The first kappa shape index (κ1) is 28.0. The number of rotatable bonds is 16. The molecule has 1 saturated heterocycles. The molecule has 1 aliphatic heterocycles. The van der Waals surface area contributed by atoms with Gasteiger partial charge < -0.3 is 9.47 Å². The summed E-state index contributed by atoms with van der Waals surface area (Å²) in [5.74, 6) is -0.339. The van der Waals surface area contributed by atoms with Crippen LogP contribution in [0.4, 0.5) is 0 Å². The molecule has 0 spiro atoms. The maximum atomic E-state index is 12.1. The van der Waals surface area contributed by atoms with Crippen molar-refractivity contribution in [1.29, 1.82) is 0 Å². The third-order valence-corrected chi connectivity index (χ3v) is 5.97. The highest BCUT2D eigenvalue weighted by atomic mass is 16.6. The van der Waals surface area contributed by atoms with Gasteiger partial charge in [0.05, 0.1) is 6.04 Å². The minimum atomic E-state index is -0.733. The van der Waals surface area contributed by atoms with Crippen molar-refractivity contribution in [3.63, 3.8) is 0 Å². The zero-order valence-corrected chi connectivity index (χ0v) is 20.2. The van der Waals surface area contributed by atoms with Crippen molar-refractivity contribution in [2.45, 2.75) is 95.9 Å². The van der Waals surface area contributed by atoms with Gasteiger partial charge in [-0.05, 0) is 30.8 Å². The highest BCUT2D eigenvalue weighted by Gasteiger charge is 2.37. The monoisotopic (exact) mass is 490 g/mol. The van der Waals surface area contributed by atoms with Crippen molar-refractivity contribution < 1.29 is 14.3 Å². The second kappa shape index (κ2) is 15.6. The molecular weight excluding hydrogens is 456 g/mol. The van der Waals surface area contributed by atoms with E-state index in [1.165, 1.54) is 10.8 Å². The molecule has 0 aliphatic carbocycles. The van der Waals surface area contributed by atoms with E-state index in [0.717, 1.165) is 57.8 Å². The number of hydrogen-bond acceptors (Lipinski definition) is 7. The average Bonchev–Trinajstić information content (AvgIpc) is 3.23. The Balaban J connectivity index is 1.65.